The average molecular weight is 405 g/mol. The summed E-state index contributed by atoms with van der Waals surface area (Å²) < 4.78 is 58.3. The fraction of sp³-hybridized carbons (Fsp3) is 0.571. The molecular formula is C14H20Cl2F2N2O3S. The highest BCUT2D eigenvalue weighted by molar-refractivity contribution is 7.89. The lowest BCUT2D eigenvalue weighted by Gasteiger charge is -2.25. The van der Waals surface area contributed by atoms with Gasteiger partial charge in [-0.3, -0.25) is 0 Å². The Morgan fingerprint density at radius 3 is 2.58 bits per heavy atom. The third-order valence-electron chi connectivity index (χ3n) is 3.71. The third kappa shape index (κ3) is 5.70. The fourth-order valence-electron chi connectivity index (χ4n) is 2.03. The predicted octanol–water partition coefficient (Wildman–Crippen LogP) is 2.81. The second-order valence-corrected chi connectivity index (χ2v) is 7.76. The first-order chi connectivity index (χ1) is 10.7. The van der Waals surface area contributed by atoms with Gasteiger partial charge in [0.1, 0.15) is 10.6 Å². The highest BCUT2D eigenvalue weighted by Gasteiger charge is 2.31. The van der Waals surface area contributed by atoms with Crippen molar-refractivity contribution in [2.24, 2.45) is 11.7 Å². The maximum atomic E-state index is 13.2. The number of benzene rings is 1. The molecule has 0 radical (unpaired) electrons. The number of alkyl halides is 2. The zero-order valence-corrected chi connectivity index (χ0v) is 15.2. The molecule has 1 fully saturated rings. The van der Waals surface area contributed by atoms with Gasteiger partial charge in [-0.1, -0.05) is 18.0 Å². The van der Waals surface area contributed by atoms with Crippen LogP contribution < -0.4 is 15.2 Å². The lowest BCUT2D eigenvalue weighted by atomic mass is 9.86. The molecule has 1 saturated carbocycles. The van der Waals surface area contributed by atoms with E-state index >= 15 is 0 Å². The van der Waals surface area contributed by atoms with Crippen LogP contribution >= 0.6 is 24.0 Å². The van der Waals surface area contributed by atoms with Gasteiger partial charge in [0.25, 0.3) is 5.92 Å². The molecule has 0 unspecified atom stereocenters. The Labute approximate surface area is 151 Å². The van der Waals surface area contributed by atoms with Crippen LogP contribution in [0.1, 0.15) is 19.3 Å². The van der Waals surface area contributed by atoms with Crippen molar-refractivity contribution in [3.63, 3.8) is 0 Å². The van der Waals surface area contributed by atoms with E-state index in [9.17, 15) is 17.2 Å². The summed E-state index contributed by atoms with van der Waals surface area (Å²) in [6, 6.07) is 4.10. The molecule has 138 valence electrons. The van der Waals surface area contributed by atoms with Crippen LogP contribution in [-0.4, -0.2) is 34.0 Å². The van der Waals surface area contributed by atoms with Crippen LogP contribution in [-0.2, 0) is 10.0 Å². The van der Waals surface area contributed by atoms with Crippen molar-refractivity contribution < 1.29 is 21.9 Å². The summed E-state index contributed by atoms with van der Waals surface area (Å²) in [6.07, 6.45) is 3.21. The molecule has 1 aromatic carbocycles. The van der Waals surface area contributed by atoms with Gasteiger partial charge in [0.15, 0.2) is 0 Å². The SMILES string of the molecule is Cl.NCC(F)(F)CNS(=O)(=O)c1cc(Cl)ccc1OCC1CCC1. The van der Waals surface area contributed by atoms with Gasteiger partial charge >= 0.3 is 0 Å². The second-order valence-electron chi connectivity index (χ2n) is 5.58. The minimum absolute atomic E-state index is 0. The van der Waals surface area contributed by atoms with Gasteiger partial charge in [0.05, 0.1) is 19.7 Å². The summed E-state index contributed by atoms with van der Waals surface area (Å²) in [5.74, 6) is -2.82. The molecule has 3 N–H and O–H groups in total. The lowest BCUT2D eigenvalue weighted by Crippen LogP contribution is -2.41. The molecule has 0 aliphatic heterocycles. The number of halogens is 4. The Hall–Kier alpha value is -0.670. The molecule has 1 aliphatic rings. The van der Waals surface area contributed by atoms with E-state index in [0.29, 0.717) is 12.5 Å². The number of hydrogen-bond acceptors (Lipinski definition) is 4. The van der Waals surface area contributed by atoms with E-state index < -0.39 is 29.0 Å². The molecular weight excluding hydrogens is 385 g/mol. The van der Waals surface area contributed by atoms with Gasteiger partial charge in [0.2, 0.25) is 10.0 Å². The summed E-state index contributed by atoms with van der Waals surface area (Å²) in [7, 11) is -4.19. The van der Waals surface area contributed by atoms with Crippen LogP contribution in [0.3, 0.4) is 0 Å². The molecule has 1 aliphatic carbocycles. The molecule has 0 bridgehead atoms. The van der Waals surface area contributed by atoms with Crippen molar-refractivity contribution in [2.45, 2.75) is 30.1 Å². The van der Waals surface area contributed by atoms with Crippen LogP contribution in [0.25, 0.3) is 0 Å². The van der Waals surface area contributed by atoms with Crippen LogP contribution in [0, 0.1) is 5.92 Å². The number of hydrogen-bond donors (Lipinski definition) is 2. The topological polar surface area (TPSA) is 81.4 Å². The number of ether oxygens (including phenoxy) is 1. The summed E-state index contributed by atoms with van der Waals surface area (Å²) in [6.45, 7) is -1.64. The molecule has 0 spiro atoms. The van der Waals surface area contributed by atoms with Gasteiger partial charge < -0.3 is 10.5 Å². The Morgan fingerprint density at radius 1 is 1.38 bits per heavy atom. The van der Waals surface area contributed by atoms with Crippen molar-refractivity contribution in [1.29, 1.82) is 0 Å². The molecule has 0 aromatic heterocycles. The van der Waals surface area contributed by atoms with Crippen molar-refractivity contribution in [1.82, 2.24) is 4.72 Å². The van der Waals surface area contributed by atoms with Crippen molar-refractivity contribution in [3.05, 3.63) is 23.2 Å². The molecule has 5 nitrogen and oxygen atoms in total. The standard InChI is InChI=1S/C14H19ClF2N2O3S.ClH/c15-11-4-5-12(22-7-10-2-1-3-10)13(6-11)23(20,21)19-9-14(16,17)8-18;/h4-6,10,19H,1-3,7-9,18H2;1H. The van der Waals surface area contributed by atoms with E-state index in [1.807, 2.05) is 4.72 Å². The number of nitrogens with two attached hydrogens (primary N) is 1. The van der Waals surface area contributed by atoms with Crippen LogP contribution in [0.5, 0.6) is 5.75 Å². The maximum absolute atomic E-state index is 13.2. The van der Waals surface area contributed by atoms with Gasteiger partial charge in [-0.15, -0.1) is 12.4 Å². The number of nitrogens with one attached hydrogen (secondary N) is 1. The Morgan fingerprint density at radius 2 is 2.04 bits per heavy atom. The molecule has 10 heteroatoms. The van der Waals surface area contributed by atoms with Crippen molar-refractivity contribution in [2.75, 3.05) is 19.7 Å². The van der Waals surface area contributed by atoms with E-state index in [1.165, 1.54) is 18.2 Å². The zero-order chi connectivity index (χ0) is 17.1. The van der Waals surface area contributed by atoms with Crippen molar-refractivity contribution >= 4 is 34.0 Å². The maximum Gasteiger partial charge on any atom is 0.273 e. The summed E-state index contributed by atoms with van der Waals surface area (Å²) in [5.41, 5.74) is 4.90. The molecule has 1 aromatic rings. The molecule has 0 amide bonds. The summed E-state index contributed by atoms with van der Waals surface area (Å²) >= 11 is 5.83. The zero-order valence-electron chi connectivity index (χ0n) is 12.8. The van der Waals surface area contributed by atoms with Gasteiger partial charge in [-0.05, 0) is 37.0 Å². The molecule has 24 heavy (non-hydrogen) atoms. The van der Waals surface area contributed by atoms with Gasteiger partial charge in [-0.25, -0.2) is 21.9 Å². The largest absolute Gasteiger partial charge is 0.492 e. The molecule has 0 heterocycles. The molecule has 0 atom stereocenters. The first kappa shape index (κ1) is 21.4. The van der Waals surface area contributed by atoms with Gasteiger partial charge in [-0.2, -0.15) is 0 Å². The minimum atomic E-state index is -4.19. The fourth-order valence-corrected chi connectivity index (χ4v) is 3.50. The van der Waals surface area contributed by atoms with Crippen LogP contribution in [0.15, 0.2) is 23.1 Å². The smallest absolute Gasteiger partial charge is 0.273 e. The summed E-state index contributed by atoms with van der Waals surface area (Å²) in [5, 5.41) is 0.173. The highest BCUT2D eigenvalue weighted by Crippen LogP contribution is 2.31. The highest BCUT2D eigenvalue weighted by atomic mass is 35.5. The summed E-state index contributed by atoms with van der Waals surface area (Å²) in [4.78, 5) is -0.253. The first-order valence-corrected chi connectivity index (χ1v) is 9.09. The first-order valence-electron chi connectivity index (χ1n) is 7.23. The third-order valence-corrected chi connectivity index (χ3v) is 5.37. The quantitative estimate of drug-likeness (QED) is 0.697. The van der Waals surface area contributed by atoms with E-state index in [4.69, 9.17) is 22.1 Å². The number of rotatable bonds is 8. The monoisotopic (exact) mass is 404 g/mol. The Kier molecular flexibility index (Phi) is 7.68. The van der Waals surface area contributed by atoms with E-state index in [0.717, 1.165) is 19.3 Å². The van der Waals surface area contributed by atoms with Gasteiger partial charge in [0, 0.05) is 5.02 Å². The average Bonchev–Trinajstić information content (AvgIpc) is 2.45. The second kappa shape index (κ2) is 8.62. The minimum Gasteiger partial charge on any atom is -0.492 e. The molecule has 2 rings (SSSR count). The normalized spacial score (nSPS) is 15.5. The van der Waals surface area contributed by atoms with E-state index in [1.54, 1.807) is 0 Å². The Bertz CT molecular complexity index is 655. The van der Waals surface area contributed by atoms with Crippen LogP contribution in [0.4, 0.5) is 8.78 Å². The van der Waals surface area contributed by atoms with Crippen LogP contribution in [0.2, 0.25) is 5.02 Å². The predicted molar refractivity (Wildman–Crippen MR) is 90.7 cm³/mol. The number of sulfonamides is 1. The van der Waals surface area contributed by atoms with Crippen molar-refractivity contribution in [3.8, 4) is 5.75 Å². The van der Waals surface area contributed by atoms with E-state index in [2.05, 4.69) is 0 Å². The molecule has 0 saturated heterocycles. The van der Waals surface area contributed by atoms with E-state index in [-0.39, 0.29) is 28.1 Å². The Balaban J connectivity index is 0.00000288. The lowest BCUT2D eigenvalue weighted by molar-refractivity contribution is 0.0170.